The lowest BCUT2D eigenvalue weighted by Crippen LogP contribution is -2.42. The van der Waals surface area contributed by atoms with E-state index < -0.39 is 0 Å². The molecule has 1 fully saturated rings. The molecule has 1 aromatic carbocycles. The summed E-state index contributed by atoms with van der Waals surface area (Å²) in [4.78, 5) is 2.49. The van der Waals surface area contributed by atoms with Crippen LogP contribution in [0.4, 0.5) is 0 Å². The fourth-order valence-corrected chi connectivity index (χ4v) is 2.74. The van der Waals surface area contributed by atoms with Crippen LogP contribution in [0.3, 0.4) is 0 Å². The van der Waals surface area contributed by atoms with E-state index >= 15 is 0 Å². The SMILES string of the molecule is CCNC(CN(C)C1CCC1)c1ccccc1OC. The van der Waals surface area contributed by atoms with Crippen molar-refractivity contribution in [1.29, 1.82) is 0 Å². The van der Waals surface area contributed by atoms with Gasteiger partial charge in [0.05, 0.1) is 7.11 Å². The van der Waals surface area contributed by atoms with Gasteiger partial charge in [-0.3, -0.25) is 0 Å². The van der Waals surface area contributed by atoms with E-state index in [9.17, 15) is 0 Å². The molecule has 0 heterocycles. The highest BCUT2D eigenvalue weighted by atomic mass is 16.5. The predicted octanol–water partition coefficient (Wildman–Crippen LogP) is 2.83. The maximum absolute atomic E-state index is 5.50. The van der Waals surface area contributed by atoms with Gasteiger partial charge in [0.15, 0.2) is 0 Å². The number of hydrogen-bond donors (Lipinski definition) is 1. The first-order valence-corrected chi connectivity index (χ1v) is 7.32. The minimum absolute atomic E-state index is 0.340. The summed E-state index contributed by atoms with van der Waals surface area (Å²) in [6, 6.07) is 9.44. The van der Waals surface area contributed by atoms with Gasteiger partial charge in [0.25, 0.3) is 0 Å². The standard InChI is InChI=1S/C16H26N2O/c1-4-17-15(12-18(2)13-8-7-9-13)14-10-5-6-11-16(14)19-3/h5-6,10-11,13,15,17H,4,7-9,12H2,1-3H3. The van der Waals surface area contributed by atoms with Crippen molar-refractivity contribution in [3.8, 4) is 5.75 Å². The van der Waals surface area contributed by atoms with Crippen molar-refractivity contribution in [2.45, 2.75) is 38.3 Å². The van der Waals surface area contributed by atoms with E-state index in [2.05, 4.69) is 36.3 Å². The van der Waals surface area contributed by atoms with Crippen LogP contribution in [0.25, 0.3) is 0 Å². The Hall–Kier alpha value is -1.06. The summed E-state index contributed by atoms with van der Waals surface area (Å²) in [5.74, 6) is 0.982. The minimum atomic E-state index is 0.340. The number of ether oxygens (including phenoxy) is 1. The maximum atomic E-state index is 5.50. The molecule has 1 saturated carbocycles. The Kier molecular flexibility index (Phi) is 5.23. The lowest BCUT2D eigenvalue weighted by molar-refractivity contribution is 0.145. The second-order valence-corrected chi connectivity index (χ2v) is 5.38. The molecule has 3 nitrogen and oxygen atoms in total. The topological polar surface area (TPSA) is 24.5 Å². The summed E-state index contributed by atoms with van der Waals surface area (Å²) >= 11 is 0. The van der Waals surface area contributed by atoms with Crippen molar-refractivity contribution in [1.82, 2.24) is 10.2 Å². The van der Waals surface area contributed by atoms with E-state index in [-0.39, 0.29) is 0 Å². The third kappa shape index (κ3) is 3.48. The van der Waals surface area contributed by atoms with Gasteiger partial charge in [-0.05, 0) is 32.5 Å². The van der Waals surface area contributed by atoms with Crippen LogP contribution in [0.5, 0.6) is 5.75 Å². The van der Waals surface area contributed by atoms with Gasteiger partial charge in [-0.25, -0.2) is 0 Å². The predicted molar refractivity (Wildman–Crippen MR) is 79.7 cm³/mol. The zero-order valence-electron chi connectivity index (χ0n) is 12.4. The minimum Gasteiger partial charge on any atom is -0.496 e. The van der Waals surface area contributed by atoms with Crippen molar-refractivity contribution in [3.63, 3.8) is 0 Å². The van der Waals surface area contributed by atoms with Crippen LogP contribution in [-0.4, -0.2) is 38.2 Å². The average Bonchev–Trinajstić information content (AvgIpc) is 2.36. The van der Waals surface area contributed by atoms with Crippen molar-refractivity contribution < 1.29 is 4.74 Å². The van der Waals surface area contributed by atoms with Crippen molar-refractivity contribution in [3.05, 3.63) is 29.8 Å². The second kappa shape index (κ2) is 6.92. The molecular formula is C16H26N2O. The fourth-order valence-electron chi connectivity index (χ4n) is 2.74. The number of hydrogen-bond acceptors (Lipinski definition) is 3. The summed E-state index contributed by atoms with van der Waals surface area (Å²) in [7, 11) is 3.99. The zero-order chi connectivity index (χ0) is 13.7. The number of likely N-dealkylation sites (N-methyl/N-ethyl adjacent to an activating group) is 2. The largest absolute Gasteiger partial charge is 0.496 e. The van der Waals surface area contributed by atoms with E-state index in [1.807, 2.05) is 12.1 Å². The Morgan fingerprint density at radius 3 is 2.68 bits per heavy atom. The van der Waals surface area contributed by atoms with E-state index in [0.29, 0.717) is 6.04 Å². The molecule has 0 bridgehead atoms. The number of nitrogens with zero attached hydrogens (tertiary/aromatic N) is 1. The Balaban J connectivity index is 2.09. The molecule has 0 saturated heterocycles. The number of rotatable bonds is 7. The highest BCUT2D eigenvalue weighted by molar-refractivity contribution is 5.36. The molecule has 2 rings (SSSR count). The van der Waals surface area contributed by atoms with Gasteiger partial charge in [0, 0.05) is 24.2 Å². The monoisotopic (exact) mass is 262 g/mol. The molecule has 1 N–H and O–H groups in total. The summed E-state index contributed by atoms with van der Waals surface area (Å²) in [5, 5.41) is 3.59. The quantitative estimate of drug-likeness (QED) is 0.818. The molecule has 106 valence electrons. The fraction of sp³-hybridized carbons (Fsp3) is 0.625. The number of methoxy groups -OCH3 is 1. The first kappa shape index (κ1) is 14.4. The molecule has 0 amide bonds. The Morgan fingerprint density at radius 1 is 1.37 bits per heavy atom. The lowest BCUT2D eigenvalue weighted by atomic mass is 9.91. The highest BCUT2D eigenvalue weighted by Gasteiger charge is 2.25. The van der Waals surface area contributed by atoms with E-state index in [4.69, 9.17) is 4.74 Å². The molecule has 1 unspecified atom stereocenters. The molecular weight excluding hydrogens is 236 g/mol. The average molecular weight is 262 g/mol. The zero-order valence-corrected chi connectivity index (χ0v) is 12.4. The van der Waals surface area contributed by atoms with Gasteiger partial charge < -0.3 is 15.0 Å². The maximum Gasteiger partial charge on any atom is 0.123 e. The second-order valence-electron chi connectivity index (χ2n) is 5.38. The van der Waals surface area contributed by atoms with E-state index in [1.54, 1.807) is 7.11 Å². The van der Waals surface area contributed by atoms with Crippen LogP contribution in [0.2, 0.25) is 0 Å². The normalized spacial score (nSPS) is 17.3. The van der Waals surface area contributed by atoms with Crippen molar-refractivity contribution in [2.24, 2.45) is 0 Å². The summed E-state index contributed by atoms with van der Waals surface area (Å²) in [6.45, 7) is 4.17. The summed E-state index contributed by atoms with van der Waals surface area (Å²) in [5.41, 5.74) is 1.26. The third-order valence-electron chi connectivity index (χ3n) is 4.13. The number of benzene rings is 1. The third-order valence-corrected chi connectivity index (χ3v) is 4.13. The first-order valence-electron chi connectivity index (χ1n) is 7.32. The first-order chi connectivity index (χ1) is 9.26. The van der Waals surface area contributed by atoms with Gasteiger partial charge in [-0.2, -0.15) is 0 Å². The Labute approximate surface area is 116 Å². The summed E-state index contributed by atoms with van der Waals surface area (Å²) in [6.07, 6.45) is 4.08. The van der Waals surface area contributed by atoms with Crippen molar-refractivity contribution in [2.75, 3.05) is 27.2 Å². The molecule has 1 aliphatic carbocycles. The van der Waals surface area contributed by atoms with Crippen LogP contribution >= 0.6 is 0 Å². The summed E-state index contributed by atoms with van der Waals surface area (Å²) < 4.78 is 5.50. The van der Waals surface area contributed by atoms with Crippen LogP contribution in [0.15, 0.2) is 24.3 Å². The molecule has 0 spiro atoms. The van der Waals surface area contributed by atoms with Crippen LogP contribution in [0, 0.1) is 0 Å². The molecule has 1 aromatic rings. The van der Waals surface area contributed by atoms with Crippen LogP contribution in [-0.2, 0) is 0 Å². The smallest absolute Gasteiger partial charge is 0.123 e. The molecule has 1 atom stereocenters. The molecule has 19 heavy (non-hydrogen) atoms. The molecule has 1 aliphatic rings. The van der Waals surface area contributed by atoms with E-state index in [1.165, 1.54) is 24.8 Å². The Morgan fingerprint density at radius 2 is 2.11 bits per heavy atom. The Bertz CT molecular complexity index is 390. The van der Waals surface area contributed by atoms with E-state index in [0.717, 1.165) is 24.9 Å². The highest BCUT2D eigenvalue weighted by Crippen LogP contribution is 2.29. The van der Waals surface area contributed by atoms with Gasteiger partial charge in [0.2, 0.25) is 0 Å². The van der Waals surface area contributed by atoms with Crippen LogP contribution in [0.1, 0.15) is 37.8 Å². The number of nitrogens with one attached hydrogen (secondary N) is 1. The molecule has 0 aromatic heterocycles. The van der Waals surface area contributed by atoms with Crippen LogP contribution < -0.4 is 10.1 Å². The van der Waals surface area contributed by atoms with Gasteiger partial charge in [-0.15, -0.1) is 0 Å². The van der Waals surface area contributed by atoms with Crippen molar-refractivity contribution >= 4 is 0 Å². The van der Waals surface area contributed by atoms with Gasteiger partial charge in [0.1, 0.15) is 5.75 Å². The molecule has 0 radical (unpaired) electrons. The number of para-hydroxylation sites is 1. The van der Waals surface area contributed by atoms with Gasteiger partial charge >= 0.3 is 0 Å². The lowest BCUT2D eigenvalue weighted by Gasteiger charge is -2.37. The molecule has 0 aliphatic heterocycles. The molecule has 3 heteroatoms. The van der Waals surface area contributed by atoms with Gasteiger partial charge in [-0.1, -0.05) is 31.5 Å².